The van der Waals surface area contributed by atoms with Gasteiger partial charge in [-0.15, -0.1) is 0 Å². The Hall–Kier alpha value is -4.17. The summed E-state index contributed by atoms with van der Waals surface area (Å²) >= 11 is 12.7. The van der Waals surface area contributed by atoms with Gasteiger partial charge < -0.3 is 28.8 Å². The van der Waals surface area contributed by atoms with Gasteiger partial charge in [0.15, 0.2) is 0 Å². The number of pyridine rings is 1. The van der Waals surface area contributed by atoms with E-state index < -0.39 is 12.1 Å². The third-order valence-electron chi connectivity index (χ3n) is 7.02. The predicted molar refractivity (Wildman–Crippen MR) is 170 cm³/mol. The Morgan fingerprint density at radius 3 is 2.48 bits per heavy atom. The molecule has 0 bridgehead atoms. The lowest BCUT2D eigenvalue weighted by molar-refractivity contribution is 0.0134. The number of carbonyl (C=O) groups excluding carboxylic acids is 1. The number of ether oxygens (including phenoxy) is 3. The zero-order chi connectivity index (χ0) is 32.5. The van der Waals surface area contributed by atoms with E-state index in [2.05, 4.69) is 16.4 Å². The molecule has 1 aliphatic heterocycles. The topological polar surface area (TPSA) is 113 Å². The highest BCUT2D eigenvalue weighted by Crippen LogP contribution is 2.41. The number of nitriles is 1. The summed E-state index contributed by atoms with van der Waals surface area (Å²) in [5.41, 5.74) is 2.73. The highest BCUT2D eigenvalue weighted by molar-refractivity contribution is 6.37. The Bertz CT molecular complexity index is 1780. The highest BCUT2D eigenvalue weighted by Gasteiger charge is 2.26. The Morgan fingerprint density at radius 2 is 1.82 bits per heavy atom. The molecule has 1 unspecified atom stereocenters. The highest BCUT2D eigenvalue weighted by atomic mass is 35.5. The van der Waals surface area contributed by atoms with Gasteiger partial charge in [-0.3, -0.25) is 9.88 Å². The van der Waals surface area contributed by atoms with Crippen molar-refractivity contribution in [3.05, 3.63) is 64.2 Å². The number of anilines is 2. The maximum atomic E-state index is 12.4. The van der Waals surface area contributed by atoms with Crippen molar-refractivity contribution < 1.29 is 24.8 Å². The van der Waals surface area contributed by atoms with Crippen LogP contribution in [0.1, 0.15) is 33.5 Å². The second-order valence-electron chi connectivity index (χ2n) is 11.2. The largest absolute Gasteiger partial charge is 0.496 e. The fourth-order valence-electron chi connectivity index (χ4n) is 4.85. The molecule has 5 rings (SSSR count). The summed E-state index contributed by atoms with van der Waals surface area (Å²) in [4.78, 5) is 20.6. The SMILES string of the molecule is [2H]C(c1cc(-c2cc3ncc(C#N)c(Nc4cc(OC)c(Cl)cc4Cl)c3cc2OC)co1)N1CCN(C(=O)OC(C)(C)C)CC1. The van der Waals surface area contributed by atoms with E-state index in [1.807, 2.05) is 37.8 Å². The lowest BCUT2D eigenvalue weighted by atomic mass is 10.0. The number of nitrogens with one attached hydrogen (secondary N) is 1. The van der Waals surface area contributed by atoms with E-state index in [-0.39, 0.29) is 6.09 Å². The molecule has 230 valence electrons. The number of aromatic nitrogens is 1. The molecule has 1 aliphatic rings. The van der Waals surface area contributed by atoms with Crippen LogP contribution in [0.3, 0.4) is 0 Å². The number of nitrogens with zero attached hydrogens (tertiary/aromatic N) is 4. The molecule has 1 amide bonds. The monoisotopic (exact) mass is 638 g/mol. The minimum atomic E-state index is -0.765. The third kappa shape index (κ3) is 6.81. The Balaban J connectivity index is 1.41. The van der Waals surface area contributed by atoms with Gasteiger partial charge in [-0.1, -0.05) is 23.2 Å². The Labute approximate surface area is 267 Å². The first-order valence-electron chi connectivity index (χ1n) is 14.4. The molecule has 1 N–H and O–H groups in total. The average molecular weight is 640 g/mol. The van der Waals surface area contributed by atoms with Crippen LogP contribution in [0.25, 0.3) is 22.0 Å². The number of methoxy groups -OCH3 is 2. The number of halogens is 2. The van der Waals surface area contributed by atoms with Crippen molar-refractivity contribution in [2.75, 3.05) is 45.7 Å². The van der Waals surface area contributed by atoms with E-state index in [1.54, 1.807) is 36.5 Å². The molecule has 2 aromatic heterocycles. The van der Waals surface area contributed by atoms with Crippen molar-refractivity contribution in [1.29, 1.82) is 5.26 Å². The maximum absolute atomic E-state index is 12.4. The van der Waals surface area contributed by atoms with Gasteiger partial charge in [0.05, 0.1) is 60.9 Å². The van der Waals surface area contributed by atoms with Gasteiger partial charge in [0.2, 0.25) is 0 Å². The third-order valence-corrected chi connectivity index (χ3v) is 7.63. The van der Waals surface area contributed by atoms with Crippen molar-refractivity contribution in [3.8, 4) is 28.7 Å². The van der Waals surface area contributed by atoms with E-state index in [4.69, 9.17) is 43.2 Å². The van der Waals surface area contributed by atoms with Gasteiger partial charge in [0.1, 0.15) is 28.9 Å². The van der Waals surface area contributed by atoms with Gasteiger partial charge >= 0.3 is 6.09 Å². The van der Waals surface area contributed by atoms with E-state index in [1.165, 1.54) is 13.3 Å². The van der Waals surface area contributed by atoms with Crippen LogP contribution in [-0.4, -0.2) is 66.9 Å². The minimum Gasteiger partial charge on any atom is -0.496 e. The first kappa shape index (κ1) is 29.9. The minimum absolute atomic E-state index is 0.302. The Morgan fingerprint density at radius 1 is 1.09 bits per heavy atom. The molecule has 2 aromatic carbocycles. The molecule has 1 atom stereocenters. The summed E-state index contributed by atoms with van der Waals surface area (Å²) in [7, 11) is 3.06. The van der Waals surface area contributed by atoms with E-state index in [0.29, 0.717) is 92.5 Å². The fraction of sp³-hybridized carbons (Fsp3) is 0.344. The molecule has 0 saturated carbocycles. The molecular formula is C32H33Cl2N5O5. The fourth-order valence-corrected chi connectivity index (χ4v) is 5.36. The quantitative estimate of drug-likeness (QED) is 0.220. The number of piperazine rings is 1. The molecule has 44 heavy (non-hydrogen) atoms. The summed E-state index contributed by atoms with van der Waals surface area (Å²) < 4.78 is 31.3. The summed E-state index contributed by atoms with van der Waals surface area (Å²) in [5, 5.41) is 14.5. The zero-order valence-corrected chi connectivity index (χ0v) is 26.5. The van der Waals surface area contributed by atoms with E-state index in [0.717, 1.165) is 0 Å². The van der Waals surface area contributed by atoms with Crippen molar-refractivity contribution in [3.63, 3.8) is 0 Å². The van der Waals surface area contributed by atoms with E-state index in [9.17, 15) is 10.1 Å². The van der Waals surface area contributed by atoms with Gasteiger partial charge in [-0.2, -0.15) is 5.26 Å². The number of furan rings is 1. The van der Waals surface area contributed by atoms with Crippen molar-refractivity contribution in [1.82, 2.24) is 14.8 Å². The van der Waals surface area contributed by atoms with Crippen LogP contribution >= 0.6 is 23.2 Å². The van der Waals surface area contributed by atoms with Crippen molar-refractivity contribution >= 4 is 51.6 Å². The smallest absolute Gasteiger partial charge is 0.410 e. The normalized spacial score (nSPS) is 15.0. The van der Waals surface area contributed by atoms with Crippen LogP contribution in [0, 0.1) is 11.3 Å². The van der Waals surface area contributed by atoms with Crippen LogP contribution in [0.2, 0.25) is 10.0 Å². The first-order chi connectivity index (χ1) is 21.4. The van der Waals surface area contributed by atoms with Gasteiger partial charge in [0, 0.05) is 55.0 Å². The second-order valence-corrected chi connectivity index (χ2v) is 12.0. The number of fused-ring (bicyclic) bond motifs is 1. The maximum Gasteiger partial charge on any atom is 0.410 e. The summed E-state index contributed by atoms with van der Waals surface area (Å²) in [6, 6.07) is 10.9. The van der Waals surface area contributed by atoms with Crippen LogP contribution < -0.4 is 14.8 Å². The lowest BCUT2D eigenvalue weighted by Crippen LogP contribution is -2.49. The van der Waals surface area contributed by atoms with E-state index >= 15 is 0 Å². The molecular weight excluding hydrogens is 605 g/mol. The van der Waals surface area contributed by atoms with Gasteiger partial charge in [-0.05, 0) is 45.0 Å². The molecule has 3 heterocycles. The molecule has 12 heteroatoms. The standard InChI is InChI=1S/C32H33Cl2N5O5/c1-32(2,3)44-31(40)39-8-6-38(7-9-39)17-21-10-19(18-43-21)22-11-26-23(12-28(22)41-4)30(20(15-35)16-36-26)37-27-14-29(42-5)25(34)13-24(27)33/h10-14,16,18H,6-9,17H2,1-5H3,(H,36,37)/i17D. The summed E-state index contributed by atoms with van der Waals surface area (Å²) in [6.45, 7) is 6.67. The summed E-state index contributed by atoms with van der Waals surface area (Å²) in [5.74, 6) is 1.40. The number of rotatable bonds is 7. The molecule has 10 nitrogen and oxygen atoms in total. The van der Waals surface area contributed by atoms with Crippen LogP contribution in [-0.2, 0) is 11.3 Å². The second kappa shape index (κ2) is 12.8. The van der Waals surface area contributed by atoms with Crippen LogP contribution in [0.15, 0.2) is 47.2 Å². The van der Waals surface area contributed by atoms with Crippen LogP contribution in [0.4, 0.5) is 16.2 Å². The number of amides is 1. The number of carbonyl (C=O) groups is 1. The molecule has 1 saturated heterocycles. The molecule has 4 aromatic rings. The number of hydrogen-bond acceptors (Lipinski definition) is 9. The molecule has 1 fully saturated rings. The Kier molecular flexibility index (Phi) is 8.71. The predicted octanol–water partition coefficient (Wildman–Crippen LogP) is 7.49. The number of hydrogen-bond donors (Lipinski definition) is 1. The summed E-state index contributed by atoms with van der Waals surface area (Å²) in [6.07, 6.45) is 2.72. The van der Waals surface area contributed by atoms with Crippen molar-refractivity contribution in [2.45, 2.75) is 32.9 Å². The zero-order valence-electron chi connectivity index (χ0n) is 26.0. The first-order valence-corrected chi connectivity index (χ1v) is 14.6. The number of benzene rings is 2. The molecule has 0 radical (unpaired) electrons. The van der Waals surface area contributed by atoms with Gasteiger partial charge in [-0.25, -0.2) is 4.79 Å². The van der Waals surface area contributed by atoms with Crippen LogP contribution in [0.5, 0.6) is 11.5 Å². The van der Waals surface area contributed by atoms with Crippen molar-refractivity contribution in [2.24, 2.45) is 0 Å². The van der Waals surface area contributed by atoms with Gasteiger partial charge in [0.25, 0.3) is 0 Å². The molecule has 0 spiro atoms. The lowest BCUT2D eigenvalue weighted by Gasteiger charge is -2.35. The molecule has 0 aliphatic carbocycles. The average Bonchev–Trinajstić information content (AvgIpc) is 3.51.